The third-order valence-corrected chi connectivity index (χ3v) is 6.23. The van der Waals surface area contributed by atoms with Crippen molar-refractivity contribution in [2.75, 3.05) is 12.4 Å². The lowest BCUT2D eigenvalue weighted by Crippen LogP contribution is -2.32. The van der Waals surface area contributed by atoms with Crippen molar-refractivity contribution in [3.05, 3.63) is 11.3 Å². The van der Waals surface area contributed by atoms with Crippen LogP contribution in [0, 0.1) is 11.8 Å². The predicted molar refractivity (Wildman–Crippen MR) is 98.7 cm³/mol. The van der Waals surface area contributed by atoms with Crippen molar-refractivity contribution in [3.8, 4) is 0 Å². The maximum atomic E-state index is 12.6. The molecule has 0 aromatic carbocycles. The summed E-state index contributed by atoms with van der Waals surface area (Å²) in [7, 11) is -0.888. The smallest absolute Gasteiger partial charge is 0.168 e. The third-order valence-electron chi connectivity index (χ3n) is 4.57. The number of carbonyl (C=O) groups excluding carboxylic acids is 1. The molecule has 0 spiro atoms. The number of ketones is 1. The van der Waals surface area contributed by atoms with Gasteiger partial charge < -0.3 is 9.94 Å². The van der Waals surface area contributed by atoms with Gasteiger partial charge in [-0.3, -0.25) is 9.00 Å². The molecule has 1 aliphatic carbocycles. The van der Waals surface area contributed by atoms with E-state index in [1.54, 1.807) is 0 Å². The van der Waals surface area contributed by atoms with Gasteiger partial charge >= 0.3 is 0 Å². The van der Waals surface area contributed by atoms with Crippen LogP contribution >= 0.6 is 0 Å². The van der Waals surface area contributed by atoms with Crippen molar-refractivity contribution in [1.82, 2.24) is 0 Å². The van der Waals surface area contributed by atoms with Crippen LogP contribution in [0.2, 0.25) is 0 Å². The van der Waals surface area contributed by atoms with Crippen LogP contribution in [0.5, 0.6) is 0 Å². The average molecular weight is 358 g/mol. The topological polar surface area (TPSA) is 76.0 Å². The Morgan fingerprint density at radius 1 is 1.42 bits per heavy atom. The summed E-state index contributed by atoms with van der Waals surface area (Å²) in [6.07, 6.45) is 2.45. The average Bonchev–Trinajstić information content (AvgIpc) is 2.56. The van der Waals surface area contributed by atoms with Gasteiger partial charge in [0, 0.05) is 34.1 Å². The third kappa shape index (κ3) is 5.16. The Kier molecular flexibility index (Phi) is 8.67. The Morgan fingerprint density at radius 3 is 2.62 bits per heavy atom. The number of Topliss-reactive ketones (excluding diaryl/α,β-unsaturated/α-hetero) is 1. The lowest BCUT2D eigenvalue weighted by molar-refractivity contribution is -0.117. The number of rotatable bonds is 9. The van der Waals surface area contributed by atoms with Gasteiger partial charge in [0.1, 0.15) is 12.4 Å². The van der Waals surface area contributed by atoms with Crippen LogP contribution in [-0.4, -0.2) is 38.4 Å². The molecule has 6 heteroatoms. The Labute approximate surface area is 148 Å². The minimum Gasteiger partial charge on any atom is -0.511 e. The SMILES string of the molecule is CCC/C(=N\OCC)C1=C(O)C(C)C(CC(C)S(=O)CC)CC1=O. The number of oxime groups is 1. The zero-order valence-corrected chi connectivity index (χ0v) is 16.3. The summed E-state index contributed by atoms with van der Waals surface area (Å²) in [6, 6.07) is 0. The molecule has 0 fully saturated rings. The van der Waals surface area contributed by atoms with E-state index in [2.05, 4.69) is 5.16 Å². The molecule has 4 atom stereocenters. The first-order valence-electron chi connectivity index (χ1n) is 8.89. The summed E-state index contributed by atoms with van der Waals surface area (Å²) in [4.78, 5) is 17.8. The number of carbonyl (C=O) groups is 1. The number of aliphatic hydroxyl groups excluding tert-OH is 1. The summed E-state index contributed by atoms with van der Waals surface area (Å²) in [5.41, 5.74) is 0.871. The molecule has 24 heavy (non-hydrogen) atoms. The van der Waals surface area contributed by atoms with Gasteiger partial charge in [0.05, 0.1) is 11.3 Å². The van der Waals surface area contributed by atoms with Gasteiger partial charge in [-0.1, -0.05) is 39.3 Å². The van der Waals surface area contributed by atoms with E-state index in [9.17, 15) is 14.1 Å². The van der Waals surface area contributed by atoms with E-state index in [0.717, 1.165) is 6.42 Å². The molecule has 1 aliphatic rings. The summed E-state index contributed by atoms with van der Waals surface area (Å²) in [5, 5.41) is 14.7. The molecule has 0 amide bonds. The van der Waals surface area contributed by atoms with Crippen molar-refractivity contribution in [2.45, 2.75) is 65.6 Å². The summed E-state index contributed by atoms with van der Waals surface area (Å²) in [5.74, 6) is 0.513. The van der Waals surface area contributed by atoms with Crippen LogP contribution < -0.4 is 0 Å². The fourth-order valence-electron chi connectivity index (χ4n) is 3.12. The minimum atomic E-state index is -0.888. The highest BCUT2D eigenvalue weighted by Crippen LogP contribution is 2.36. The first kappa shape index (κ1) is 20.9. The van der Waals surface area contributed by atoms with E-state index < -0.39 is 10.8 Å². The van der Waals surface area contributed by atoms with Crippen LogP contribution in [-0.2, 0) is 20.4 Å². The van der Waals surface area contributed by atoms with Gasteiger partial charge in [0.25, 0.3) is 0 Å². The standard InChI is InChI=1S/C18H31NO4S/c1-6-9-15(19-23-7-2)17-16(20)11-14(13(5)18(17)21)10-12(4)24(22)8-3/h12-14,21H,6-11H2,1-5H3/b19-15+. The Bertz CT molecular complexity index is 527. The Morgan fingerprint density at radius 2 is 2.08 bits per heavy atom. The molecule has 138 valence electrons. The molecule has 1 N–H and O–H groups in total. The summed E-state index contributed by atoms with van der Waals surface area (Å²) >= 11 is 0. The first-order valence-corrected chi connectivity index (χ1v) is 10.3. The largest absolute Gasteiger partial charge is 0.511 e. The molecule has 0 saturated carbocycles. The molecule has 0 aromatic rings. The quantitative estimate of drug-likeness (QED) is 0.503. The lowest BCUT2D eigenvalue weighted by atomic mass is 9.76. The van der Waals surface area contributed by atoms with Crippen LogP contribution in [0.4, 0.5) is 0 Å². The molecular weight excluding hydrogens is 326 g/mol. The highest BCUT2D eigenvalue weighted by Gasteiger charge is 2.36. The molecule has 0 bridgehead atoms. The number of allylic oxidation sites excluding steroid dienone is 2. The predicted octanol–water partition coefficient (Wildman–Crippen LogP) is 3.76. The van der Waals surface area contributed by atoms with Gasteiger partial charge in [-0.05, 0) is 25.7 Å². The number of aliphatic hydroxyl groups is 1. The van der Waals surface area contributed by atoms with E-state index in [-0.39, 0.29) is 28.6 Å². The second-order valence-corrected chi connectivity index (χ2v) is 8.50. The molecule has 0 aromatic heterocycles. The van der Waals surface area contributed by atoms with Gasteiger partial charge in [-0.25, -0.2) is 0 Å². The summed E-state index contributed by atoms with van der Waals surface area (Å²) < 4.78 is 11.9. The molecule has 4 unspecified atom stereocenters. The maximum Gasteiger partial charge on any atom is 0.168 e. The van der Waals surface area contributed by atoms with Crippen molar-refractivity contribution >= 4 is 22.3 Å². The van der Waals surface area contributed by atoms with Gasteiger partial charge in [-0.15, -0.1) is 0 Å². The highest BCUT2D eigenvalue weighted by atomic mass is 32.2. The monoisotopic (exact) mass is 357 g/mol. The lowest BCUT2D eigenvalue weighted by Gasteiger charge is -2.31. The second-order valence-electron chi connectivity index (χ2n) is 6.36. The van der Waals surface area contributed by atoms with E-state index in [4.69, 9.17) is 4.84 Å². The molecule has 0 saturated heterocycles. The fraction of sp³-hybridized carbons (Fsp3) is 0.778. The van der Waals surface area contributed by atoms with E-state index in [1.165, 1.54) is 0 Å². The molecule has 1 rings (SSSR count). The number of hydrogen-bond acceptors (Lipinski definition) is 5. The Balaban J connectivity index is 3.04. The molecule has 0 heterocycles. The van der Waals surface area contributed by atoms with Crippen LogP contribution in [0.3, 0.4) is 0 Å². The minimum absolute atomic E-state index is 0.0155. The zero-order chi connectivity index (χ0) is 18.3. The number of hydrogen-bond donors (Lipinski definition) is 1. The van der Waals surface area contributed by atoms with Crippen molar-refractivity contribution in [3.63, 3.8) is 0 Å². The maximum absolute atomic E-state index is 12.6. The fourth-order valence-corrected chi connectivity index (χ4v) is 4.15. The van der Waals surface area contributed by atoms with E-state index >= 15 is 0 Å². The molecular formula is C18H31NO4S. The highest BCUT2D eigenvalue weighted by molar-refractivity contribution is 7.85. The van der Waals surface area contributed by atoms with Crippen molar-refractivity contribution in [1.29, 1.82) is 0 Å². The molecule has 0 aliphatic heterocycles. The zero-order valence-electron chi connectivity index (χ0n) is 15.5. The van der Waals surface area contributed by atoms with Crippen molar-refractivity contribution < 1.29 is 18.9 Å². The molecule has 0 radical (unpaired) electrons. The normalized spacial score (nSPS) is 24.9. The van der Waals surface area contributed by atoms with Gasteiger partial charge in [-0.2, -0.15) is 0 Å². The van der Waals surface area contributed by atoms with Crippen LogP contribution in [0.1, 0.15) is 60.3 Å². The second kappa shape index (κ2) is 9.97. The van der Waals surface area contributed by atoms with Gasteiger partial charge in [0.15, 0.2) is 5.78 Å². The van der Waals surface area contributed by atoms with E-state index in [0.29, 0.717) is 42.9 Å². The summed E-state index contributed by atoms with van der Waals surface area (Å²) in [6.45, 7) is 10.0. The van der Waals surface area contributed by atoms with E-state index in [1.807, 2.05) is 34.6 Å². The Hall–Kier alpha value is -1.17. The number of nitrogens with zero attached hydrogens (tertiary/aromatic N) is 1. The molecule has 5 nitrogen and oxygen atoms in total. The van der Waals surface area contributed by atoms with Crippen LogP contribution in [0.25, 0.3) is 0 Å². The van der Waals surface area contributed by atoms with Crippen molar-refractivity contribution in [2.24, 2.45) is 17.0 Å². The first-order chi connectivity index (χ1) is 11.4. The van der Waals surface area contributed by atoms with Gasteiger partial charge in [0.2, 0.25) is 0 Å². The van der Waals surface area contributed by atoms with Crippen LogP contribution in [0.15, 0.2) is 16.5 Å².